The lowest BCUT2D eigenvalue weighted by atomic mass is 10.1. The van der Waals surface area contributed by atoms with Crippen molar-refractivity contribution in [3.05, 3.63) is 29.8 Å². The van der Waals surface area contributed by atoms with Gasteiger partial charge in [-0.05, 0) is 30.2 Å². The zero-order valence-electron chi connectivity index (χ0n) is 10.2. The minimum absolute atomic E-state index is 0.568. The summed E-state index contributed by atoms with van der Waals surface area (Å²) < 4.78 is 15.7. The van der Waals surface area contributed by atoms with E-state index in [0.29, 0.717) is 23.7 Å². The van der Waals surface area contributed by atoms with Crippen LogP contribution in [0.2, 0.25) is 0 Å². The number of aldehydes is 1. The number of benzene rings is 1. The van der Waals surface area contributed by atoms with Crippen LogP contribution in [0.1, 0.15) is 5.56 Å². The summed E-state index contributed by atoms with van der Waals surface area (Å²) in [5, 5.41) is 0. The molecule has 0 N–H and O–H groups in total. The van der Waals surface area contributed by atoms with Gasteiger partial charge in [-0.3, -0.25) is 4.79 Å². The standard InChI is InChI=1S/C13H16O4/c1-15-11-8-10(6-4-5-7-14)9-12(16-2)13(11)17-3/h4-5,7-9H,6H2,1-3H3. The molecule has 4 heteroatoms. The van der Waals surface area contributed by atoms with Crippen LogP contribution in [-0.4, -0.2) is 27.6 Å². The van der Waals surface area contributed by atoms with Crippen LogP contribution in [0.15, 0.2) is 24.3 Å². The van der Waals surface area contributed by atoms with Crippen molar-refractivity contribution in [2.24, 2.45) is 0 Å². The maximum Gasteiger partial charge on any atom is 0.203 e. The van der Waals surface area contributed by atoms with Crippen molar-refractivity contribution >= 4 is 6.29 Å². The van der Waals surface area contributed by atoms with Crippen molar-refractivity contribution in [3.63, 3.8) is 0 Å². The predicted molar refractivity (Wildman–Crippen MR) is 65.0 cm³/mol. The van der Waals surface area contributed by atoms with Crippen molar-refractivity contribution in [1.82, 2.24) is 0 Å². The first-order valence-corrected chi connectivity index (χ1v) is 5.16. The minimum atomic E-state index is 0.568. The first-order chi connectivity index (χ1) is 8.26. The maximum absolute atomic E-state index is 10.2. The molecule has 92 valence electrons. The fraction of sp³-hybridized carbons (Fsp3) is 0.308. The van der Waals surface area contributed by atoms with Crippen molar-refractivity contribution in [3.8, 4) is 17.2 Å². The number of hydrogen-bond donors (Lipinski definition) is 0. The predicted octanol–water partition coefficient (Wildman–Crippen LogP) is 2.01. The number of methoxy groups -OCH3 is 3. The second-order valence-electron chi connectivity index (χ2n) is 3.30. The van der Waals surface area contributed by atoms with Crippen LogP contribution in [0.4, 0.5) is 0 Å². The summed E-state index contributed by atoms with van der Waals surface area (Å²) in [5.74, 6) is 1.79. The van der Waals surface area contributed by atoms with E-state index < -0.39 is 0 Å². The van der Waals surface area contributed by atoms with Gasteiger partial charge in [-0.15, -0.1) is 0 Å². The topological polar surface area (TPSA) is 44.8 Å². The molecular formula is C13H16O4. The van der Waals surface area contributed by atoms with Gasteiger partial charge in [-0.25, -0.2) is 0 Å². The van der Waals surface area contributed by atoms with Crippen LogP contribution in [-0.2, 0) is 11.2 Å². The summed E-state index contributed by atoms with van der Waals surface area (Å²) in [5.41, 5.74) is 0.984. The monoisotopic (exact) mass is 236 g/mol. The SMILES string of the molecule is COc1cc(CC=CC=O)cc(OC)c1OC. The van der Waals surface area contributed by atoms with Crippen LogP contribution < -0.4 is 14.2 Å². The lowest BCUT2D eigenvalue weighted by Crippen LogP contribution is -1.96. The summed E-state index contributed by atoms with van der Waals surface area (Å²) >= 11 is 0. The molecule has 1 aromatic carbocycles. The zero-order chi connectivity index (χ0) is 12.7. The van der Waals surface area contributed by atoms with Gasteiger partial charge in [-0.2, -0.15) is 0 Å². The Bertz CT molecular complexity index is 385. The van der Waals surface area contributed by atoms with Gasteiger partial charge in [0.15, 0.2) is 11.5 Å². The zero-order valence-corrected chi connectivity index (χ0v) is 10.2. The molecule has 0 heterocycles. The molecule has 0 aromatic heterocycles. The van der Waals surface area contributed by atoms with E-state index in [9.17, 15) is 4.79 Å². The van der Waals surface area contributed by atoms with Crippen LogP contribution in [0, 0.1) is 0 Å². The molecule has 0 saturated heterocycles. The third kappa shape index (κ3) is 3.24. The molecule has 0 aliphatic rings. The van der Waals surface area contributed by atoms with Crippen molar-refractivity contribution < 1.29 is 19.0 Å². The van der Waals surface area contributed by atoms with Gasteiger partial charge in [0.1, 0.15) is 6.29 Å². The van der Waals surface area contributed by atoms with Crippen molar-refractivity contribution in [1.29, 1.82) is 0 Å². The van der Waals surface area contributed by atoms with E-state index >= 15 is 0 Å². The number of rotatable bonds is 6. The second kappa shape index (κ2) is 6.58. The lowest BCUT2D eigenvalue weighted by molar-refractivity contribution is -0.104. The molecule has 0 amide bonds. The third-order valence-electron chi connectivity index (χ3n) is 2.29. The average Bonchev–Trinajstić information content (AvgIpc) is 2.37. The number of hydrogen-bond acceptors (Lipinski definition) is 4. The third-order valence-corrected chi connectivity index (χ3v) is 2.29. The van der Waals surface area contributed by atoms with E-state index in [4.69, 9.17) is 14.2 Å². The van der Waals surface area contributed by atoms with Gasteiger partial charge >= 0.3 is 0 Å². The van der Waals surface area contributed by atoms with Crippen LogP contribution in [0.3, 0.4) is 0 Å². The molecule has 0 unspecified atom stereocenters. The summed E-state index contributed by atoms with van der Waals surface area (Å²) in [7, 11) is 4.71. The molecule has 0 radical (unpaired) electrons. The molecule has 0 aliphatic carbocycles. The molecule has 4 nitrogen and oxygen atoms in total. The van der Waals surface area contributed by atoms with Gasteiger partial charge in [0, 0.05) is 0 Å². The van der Waals surface area contributed by atoms with Crippen LogP contribution in [0.5, 0.6) is 17.2 Å². The van der Waals surface area contributed by atoms with Gasteiger partial charge in [0.2, 0.25) is 5.75 Å². The minimum Gasteiger partial charge on any atom is -0.493 e. The molecular weight excluding hydrogens is 220 g/mol. The normalized spacial score (nSPS) is 10.3. The number of carbonyl (C=O) groups excluding carboxylic acids is 1. The summed E-state index contributed by atoms with van der Waals surface area (Å²) in [4.78, 5) is 10.2. The van der Waals surface area contributed by atoms with E-state index in [0.717, 1.165) is 11.8 Å². The molecule has 17 heavy (non-hydrogen) atoms. The first-order valence-electron chi connectivity index (χ1n) is 5.16. The lowest BCUT2D eigenvalue weighted by Gasteiger charge is -2.13. The molecule has 1 aromatic rings. The fourth-order valence-electron chi connectivity index (χ4n) is 1.51. The highest BCUT2D eigenvalue weighted by atomic mass is 16.5. The maximum atomic E-state index is 10.2. The van der Waals surface area contributed by atoms with Gasteiger partial charge in [0.25, 0.3) is 0 Å². The van der Waals surface area contributed by atoms with Gasteiger partial charge < -0.3 is 14.2 Å². The molecule has 0 saturated carbocycles. The first kappa shape index (κ1) is 13.1. The Morgan fingerprint density at radius 1 is 1.06 bits per heavy atom. The van der Waals surface area contributed by atoms with Crippen molar-refractivity contribution in [2.75, 3.05) is 21.3 Å². The molecule has 0 spiro atoms. The molecule has 0 bridgehead atoms. The number of carbonyl (C=O) groups is 1. The summed E-state index contributed by atoms with van der Waals surface area (Å²) in [6.07, 6.45) is 4.62. The van der Waals surface area contributed by atoms with E-state index in [1.807, 2.05) is 12.1 Å². The van der Waals surface area contributed by atoms with E-state index in [1.54, 1.807) is 27.4 Å². The molecule has 0 aliphatic heterocycles. The Labute approximate surface area is 101 Å². The molecule has 0 atom stereocenters. The van der Waals surface area contributed by atoms with Gasteiger partial charge in [-0.1, -0.05) is 6.08 Å². The second-order valence-corrected chi connectivity index (χ2v) is 3.30. The smallest absolute Gasteiger partial charge is 0.203 e. The summed E-state index contributed by atoms with van der Waals surface area (Å²) in [6, 6.07) is 3.72. The van der Waals surface area contributed by atoms with Crippen LogP contribution >= 0.6 is 0 Å². The van der Waals surface area contributed by atoms with E-state index in [1.165, 1.54) is 6.08 Å². The fourth-order valence-corrected chi connectivity index (χ4v) is 1.51. The molecule has 0 fully saturated rings. The van der Waals surface area contributed by atoms with Crippen molar-refractivity contribution in [2.45, 2.75) is 6.42 Å². The van der Waals surface area contributed by atoms with Gasteiger partial charge in [0.05, 0.1) is 21.3 Å². The highest BCUT2D eigenvalue weighted by Crippen LogP contribution is 2.38. The largest absolute Gasteiger partial charge is 0.493 e. The molecule has 1 rings (SSSR count). The summed E-state index contributed by atoms with van der Waals surface area (Å²) in [6.45, 7) is 0. The highest BCUT2D eigenvalue weighted by Gasteiger charge is 2.12. The number of ether oxygens (including phenoxy) is 3. The Morgan fingerprint density at radius 3 is 2.06 bits per heavy atom. The Kier molecular flexibility index (Phi) is 5.07. The average molecular weight is 236 g/mol. The quantitative estimate of drug-likeness (QED) is 0.560. The number of allylic oxidation sites excluding steroid dienone is 2. The Hall–Kier alpha value is -1.97. The van der Waals surface area contributed by atoms with Crippen LogP contribution in [0.25, 0.3) is 0 Å². The highest BCUT2D eigenvalue weighted by molar-refractivity contribution is 5.64. The Morgan fingerprint density at radius 2 is 1.65 bits per heavy atom. The van der Waals surface area contributed by atoms with E-state index in [2.05, 4.69) is 0 Å². The Balaban J connectivity index is 3.08. The van der Waals surface area contributed by atoms with E-state index in [-0.39, 0.29) is 0 Å².